The van der Waals surface area contributed by atoms with Crippen LogP contribution in [0.4, 0.5) is 5.82 Å². The van der Waals surface area contributed by atoms with Crippen molar-refractivity contribution in [3.8, 4) is 0 Å². The van der Waals surface area contributed by atoms with E-state index in [1.54, 1.807) is 12.5 Å². The molecule has 0 radical (unpaired) electrons. The molecule has 116 valence electrons. The number of rotatable bonds is 7. The molecule has 0 spiro atoms. The third-order valence-electron chi connectivity index (χ3n) is 3.63. The number of unbranched alkanes of at least 4 members (excludes halogenated alkanes) is 1. The summed E-state index contributed by atoms with van der Waals surface area (Å²) in [6, 6.07) is 0. The number of imidazole rings is 1. The van der Waals surface area contributed by atoms with E-state index in [0.717, 1.165) is 54.6 Å². The second kappa shape index (κ2) is 7.13. The molecule has 1 unspecified atom stereocenters. The van der Waals surface area contributed by atoms with Gasteiger partial charge < -0.3 is 14.9 Å². The molecule has 0 aliphatic carbocycles. The van der Waals surface area contributed by atoms with Crippen LogP contribution in [0.2, 0.25) is 0 Å². The fraction of sp³-hybridized carbons (Fsp3) is 0.600. The van der Waals surface area contributed by atoms with Crippen molar-refractivity contribution >= 4 is 28.0 Å². The summed E-state index contributed by atoms with van der Waals surface area (Å²) in [7, 11) is 0. The largest absolute Gasteiger partial charge is 0.617 e. The number of nitrogens with two attached hydrogens (primary N) is 1. The maximum Gasteiger partial charge on any atom is 0.151 e. The van der Waals surface area contributed by atoms with Gasteiger partial charge in [0.25, 0.3) is 0 Å². The number of anilines is 1. The Kier molecular flexibility index (Phi) is 5.47. The quantitative estimate of drug-likeness (QED) is 0.797. The predicted molar refractivity (Wildman–Crippen MR) is 88.8 cm³/mol. The summed E-state index contributed by atoms with van der Waals surface area (Å²) in [6.07, 6.45) is 7.62. The smallest absolute Gasteiger partial charge is 0.151 e. The molecule has 0 saturated carbocycles. The molecule has 2 rings (SSSR count). The van der Waals surface area contributed by atoms with Gasteiger partial charge in [0.05, 0.1) is 11.8 Å². The van der Waals surface area contributed by atoms with Crippen LogP contribution in [0.3, 0.4) is 0 Å². The van der Waals surface area contributed by atoms with Gasteiger partial charge >= 0.3 is 0 Å². The summed E-state index contributed by atoms with van der Waals surface area (Å²) in [5.74, 6) is 2.27. The average molecular weight is 308 g/mol. The Morgan fingerprint density at radius 2 is 2.14 bits per heavy atom. The van der Waals surface area contributed by atoms with Crippen molar-refractivity contribution in [1.29, 1.82) is 0 Å². The van der Waals surface area contributed by atoms with Crippen LogP contribution in [0.15, 0.2) is 6.20 Å². The third-order valence-corrected chi connectivity index (χ3v) is 4.49. The third kappa shape index (κ3) is 3.68. The Labute approximate surface area is 129 Å². The molecule has 2 N–H and O–H groups in total. The van der Waals surface area contributed by atoms with E-state index in [1.807, 2.05) is 6.92 Å². The topological polar surface area (TPSA) is 79.8 Å². The minimum atomic E-state index is -0.753. The first-order chi connectivity index (χ1) is 10.0. The highest BCUT2D eigenvalue weighted by molar-refractivity contribution is 7.90. The zero-order valence-electron chi connectivity index (χ0n) is 13.1. The standard InChI is InChI=1S/C15H24N4OS/c1-4-5-7-12-18-13-14(11(2)10-17-15(13)16)19(12)8-6-9-21(3)20/h10H,4-9H2,1-3H3,(H2,16,17). The number of aromatic nitrogens is 3. The van der Waals surface area contributed by atoms with Crippen LogP contribution in [-0.4, -0.2) is 31.1 Å². The summed E-state index contributed by atoms with van der Waals surface area (Å²) in [4.78, 5) is 8.91. The first-order valence-electron chi connectivity index (χ1n) is 7.44. The van der Waals surface area contributed by atoms with Crippen LogP contribution < -0.4 is 5.73 Å². The van der Waals surface area contributed by atoms with Gasteiger partial charge in [-0.25, -0.2) is 9.97 Å². The molecule has 0 aromatic carbocycles. The monoisotopic (exact) mass is 308 g/mol. The minimum Gasteiger partial charge on any atom is -0.617 e. The number of hydrogen-bond donors (Lipinski definition) is 1. The number of nitrogens with zero attached hydrogens (tertiary/aromatic N) is 3. The van der Waals surface area contributed by atoms with E-state index < -0.39 is 11.2 Å². The predicted octanol–water partition coefficient (Wildman–Crippen LogP) is 2.43. The van der Waals surface area contributed by atoms with E-state index >= 15 is 0 Å². The number of nitrogen functional groups attached to an aromatic ring is 1. The number of pyridine rings is 1. The average Bonchev–Trinajstić information content (AvgIpc) is 2.80. The molecular weight excluding hydrogens is 284 g/mol. The van der Waals surface area contributed by atoms with Gasteiger partial charge in [-0.05, 0) is 18.9 Å². The summed E-state index contributed by atoms with van der Waals surface area (Å²) in [6.45, 7) is 5.04. The molecule has 5 nitrogen and oxygen atoms in total. The molecule has 0 fully saturated rings. The van der Waals surface area contributed by atoms with Crippen molar-refractivity contribution < 1.29 is 4.55 Å². The summed E-state index contributed by atoms with van der Waals surface area (Å²) in [5, 5.41) is 0. The first-order valence-corrected chi connectivity index (χ1v) is 9.17. The molecule has 2 heterocycles. The molecule has 6 heteroatoms. The maximum absolute atomic E-state index is 11.3. The van der Waals surface area contributed by atoms with E-state index in [0.29, 0.717) is 11.6 Å². The zero-order valence-corrected chi connectivity index (χ0v) is 13.9. The summed E-state index contributed by atoms with van der Waals surface area (Å²) in [5.41, 5.74) is 8.95. The second-order valence-electron chi connectivity index (χ2n) is 5.44. The summed E-state index contributed by atoms with van der Waals surface area (Å²) >= 11 is -0.753. The fourth-order valence-electron chi connectivity index (χ4n) is 2.56. The molecule has 1 atom stereocenters. The minimum absolute atomic E-state index is 0.492. The van der Waals surface area contributed by atoms with Crippen LogP contribution in [0.5, 0.6) is 0 Å². The lowest BCUT2D eigenvalue weighted by Crippen LogP contribution is -2.10. The SMILES string of the molecule is CCCCc1nc2c(N)ncc(C)c2n1CCC[S+](C)[O-]. The van der Waals surface area contributed by atoms with Gasteiger partial charge in [0, 0.05) is 25.6 Å². The van der Waals surface area contributed by atoms with Crippen LogP contribution in [-0.2, 0) is 24.1 Å². The van der Waals surface area contributed by atoms with E-state index in [9.17, 15) is 4.55 Å². The highest BCUT2D eigenvalue weighted by Crippen LogP contribution is 2.24. The highest BCUT2D eigenvalue weighted by atomic mass is 32.2. The Morgan fingerprint density at radius 1 is 1.38 bits per heavy atom. The van der Waals surface area contributed by atoms with Gasteiger partial charge in [-0.2, -0.15) is 0 Å². The molecule has 0 amide bonds. The van der Waals surface area contributed by atoms with Crippen molar-refractivity contribution in [2.45, 2.75) is 46.1 Å². The molecule has 0 bridgehead atoms. The fourth-order valence-corrected chi connectivity index (χ4v) is 3.09. The Balaban J connectivity index is 2.39. The van der Waals surface area contributed by atoms with E-state index in [-0.39, 0.29) is 0 Å². The normalized spacial score (nSPS) is 13.0. The Bertz CT molecular complexity index is 609. The van der Waals surface area contributed by atoms with Crippen molar-refractivity contribution in [1.82, 2.24) is 14.5 Å². The second-order valence-corrected chi connectivity index (χ2v) is 6.99. The van der Waals surface area contributed by atoms with E-state index in [1.165, 1.54) is 0 Å². The lowest BCUT2D eigenvalue weighted by Gasteiger charge is -2.11. The number of aryl methyl sites for hydroxylation is 3. The molecule has 0 saturated heterocycles. The van der Waals surface area contributed by atoms with Crippen LogP contribution in [0.1, 0.15) is 37.6 Å². The van der Waals surface area contributed by atoms with Gasteiger partial charge in [-0.3, -0.25) is 0 Å². The van der Waals surface area contributed by atoms with Gasteiger partial charge in [-0.15, -0.1) is 0 Å². The number of hydrogen-bond acceptors (Lipinski definition) is 4. The summed E-state index contributed by atoms with van der Waals surface area (Å²) < 4.78 is 13.5. The Hall–Kier alpha value is -1.27. The molecule has 0 aliphatic heterocycles. The maximum atomic E-state index is 11.3. The lowest BCUT2D eigenvalue weighted by molar-refractivity contribution is 0.587. The van der Waals surface area contributed by atoms with E-state index in [2.05, 4.69) is 16.5 Å². The van der Waals surface area contributed by atoms with Crippen LogP contribution >= 0.6 is 0 Å². The van der Waals surface area contributed by atoms with Gasteiger partial charge in [0.1, 0.15) is 17.1 Å². The highest BCUT2D eigenvalue weighted by Gasteiger charge is 2.15. The van der Waals surface area contributed by atoms with E-state index in [4.69, 9.17) is 10.7 Å². The zero-order chi connectivity index (χ0) is 15.4. The van der Waals surface area contributed by atoms with Crippen molar-refractivity contribution in [3.05, 3.63) is 17.6 Å². The van der Waals surface area contributed by atoms with Gasteiger partial charge in [0.15, 0.2) is 5.82 Å². The molecule has 2 aromatic heterocycles. The Morgan fingerprint density at radius 3 is 2.81 bits per heavy atom. The van der Waals surface area contributed by atoms with Crippen LogP contribution in [0, 0.1) is 6.92 Å². The molecule has 21 heavy (non-hydrogen) atoms. The molecule has 2 aromatic rings. The van der Waals surface area contributed by atoms with Crippen molar-refractivity contribution in [2.75, 3.05) is 17.7 Å². The van der Waals surface area contributed by atoms with Crippen molar-refractivity contribution in [2.24, 2.45) is 0 Å². The number of fused-ring (bicyclic) bond motifs is 1. The van der Waals surface area contributed by atoms with Crippen LogP contribution in [0.25, 0.3) is 11.0 Å². The van der Waals surface area contributed by atoms with Gasteiger partial charge in [0.2, 0.25) is 0 Å². The van der Waals surface area contributed by atoms with Crippen molar-refractivity contribution in [3.63, 3.8) is 0 Å². The lowest BCUT2D eigenvalue weighted by atomic mass is 10.2. The molecular formula is C15H24N4OS. The molecule has 0 aliphatic rings. The van der Waals surface area contributed by atoms with Gasteiger partial charge in [-0.1, -0.05) is 24.5 Å². The first kappa shape index (κ1) is 16.1.